The third-order valence-corrected chi connectivity index (χ3v) is 5.81. The molecule has 0 aromatic rings. The molecule has 2 N–H and O–H groups in total. The van der Waals surface area contributed by atoms with Crippen molar-refractivity contribution in [1.29, 1.82) is 0 Å². The van der Waals surface area contributed by atoms with Gasteiger partial charge in [0.2, 0.25) is 0 Å². The lowest BCUT2D eigenvalue weighted by molar-refractivity contribution is -0.147. The first-order valence-electron chi connectivity index (χ1n) is 7.42. The highest BCUT2D eigenvalue weighted by Crippen LogP contribution is 2.32. The minimum absolute atomic E-state index is 0.186. The molecule has 0 bridgehead atoms. The van der Waals surface area contributed by atoms with Crippen LogP contribution in [0, 0.1) is 0 Å². The molecule has 2 fully saturated rings. The minimum atomic E-state index is -1.05. The number of aliphatic carboxylic acids is 1. The molecule has 6 heteroatoms. The molecule has 114 valence electrons. The molecule has 1 heterocycles. The molecule has 2 aliphatic rings. The van der Waals surface area contributed by atoms with Gasteiger partial charge in [-0.2, -0.15) is 11.8 Å². The summed E-state index contributed by atoms with van der Waals surface area (Å²) in [5.74, 6) is 0.143. The molecule has 20 heavy (non-hydrogen) atoms. The molecular formula is C14H24N2O3S. The standard InChI is InChI=1S/C14H24N2O3S/c1-3-20-11-7-4-6-10(11)15-13(19)16-9-5-8-14(16,2)12(17)18/h10-11H,3-9H2,1-2H3,(H,15,19)(H,17,18). The van der Waals surface area contributed by atoms with Crippen LogP contribution in [0.2, 0.25) is 0 Å². The lowest BCUT2D eigenvalue weighted by Gasteiger charge is -2.33. The highest BCUT2D eigenvalue weighted by Gasteiger charge is 2.46. The van der Waals surface area contributed by atoms with Crippen LogP contribution in [-0.4, -0.2) is 51.1 Å². The van der Waals surface area contributed by atoms with Crippen LogP contribution in [0.25, 0.3) is 0 Å². The molecule has 1 saturated carbocycles. The van der Waals surface area contributed by atoms with E-state index in [0.717, 1.165) is 31.4 Å². The fourth-order valence-electron chi connectivity index (χ4n) is 3.25. The van der Waals surface area contributed by atoms with Gasteiger partial charge in [-0.1, -0.05) is 13.3 Å². The lowest BCUT2D eigenvalue weighted by Crippen LogP contribution is -2.56. The number of hydrogen-bond donors (Lipinski definition) is 2. The van der Waals surface area contributed by atoms with E-state index in [9.17, 15) is 14.7 Å². The number of urea groups is 1. The topological polar surface area (TPSA) is 69.6 Å². The zero-order chi connectivity index (χ0) is 14.8. The predicted molar refractivity (Wildman–Crippen MR) is 80.1 cm³/mol. The fourth-order valence-corrected chi connectivity index (χ4v) is 4.45. The SMILES string of the molecule is CCSC1CCCC1NC(=O)N1CCCC1(C)C(=O)O. The van der Waals surface area contributed by atoms with Crippen LogP contribution in [0.4, 0.5) is 4.79 Å². The minimum Gasteiger partial charge on any atom is -0.480 e. The van der Waals surface area contributed by atoms with Crippen LogP contribution in [0.5, 0.6) is 0 Å². The summed E-state index contributed by atoms with van der Waals surface area (Å²) in [5, 5.41) is 12.9. The van der Waals surface area contributed by atoms with Gasteiger partial charge in [0.15, 0.2) is 0 Å². The monoisotopic (exact) mass is 300 g/mol. The van der Waals surface area contributed by atoms with Crippen molar-refractivity contribution in [1.82, 2.24) is 10.2 Å². The van der Waals surface area contributed by atoms with E-state index in [1.807, 2.05) is 11.8 Å². The number of carboxylic acids is 1. The van der Waals surface area contributed by atoms with E-state index < -0.39 is 11.5 Å². The zero-order valence-corrected chi connectivity index (χ0v) is 13.0. The average Bonchev–Trinajstić information content (AvgIpc) is 2.98. The Labute approximate surface area is 124 Å². The maximum atomic E-state index is 12.4. The molecule has 2 amide bonds. The van der Waals surface area contributed by atoms with Crippen molar-refractivity contribution in [3.8, 4) is 0 Å². The van der Waals surface area contributed by atoms with Gasteiger partial charge >= 0.3 is 12.0 Å². The summed E-state index contributed by atoms with van der Waals surface area (Å²) in [6.07, 6.45) is 4.57. The van der Waals surface area contributed by atoms with Gasteiger partial charge < -0.3 is 15.3 Å². The summed E-state index contributed by atoms with van der Waals surface area (Å²) in [7, 11) is 0. The second-order valence-corrected chi connectivity index (χ2v) is 7.33. The summed E-state index contributed by atoms with van der Waals surface area (Å²) < 4.78 is 0. The molecule has 1 aliphatic carbocycles. The van der Waals surface area contributed by atoms with Crippen molar-refractivity contribution in [2.75, 3.05) is 12.3 Å². The molecule has 0 aromatic carbocycles. The van der Waals surface area contributed by atoms with E-state index in [2.05, 4.69) is 12.2 Å². The van der Waals surface area contributed by atoms with E-state index in [0.29, 0.717) is 18.2 Å². The van der Waals surface area contributed by atoms with Gasteiger partial charge in [0.1, 0.15) is 5.54 Å². The number of thioether (sulfide) groups is 1. The van der Waals surface area contributed by atoms with Gasteiger partial charge in [-0.25, -0.2) is 9.59 Å². The Morgan fingerprint density at radius 3 is 2.80 bits per heavy atom. The van der Waals surface area contributed by atoms with Crippen LogP contribution in [0.1, 0.15) is 46.0 Å². The Balaban J connectivity index is 1.99. The Morgan fingerprint density at radius 2 is 2.15 bits per heavy atom. The predicted octanol–water partition coefficient (Wildman–Crippen LogP) is 2.31. The number of carboxylic acid groups (broad SMARTS) is 1. The van der Waals surface area contributed by atoms with E-state index >= 15 is 0 Å². The first-order chi connectivity index (χ1) is 9.49. The fraction of sp³-hybridized carbons (Fsp3) is 0.857. The van der Waals surface area contributed by atoms with Crippen LogP contribution in [0.15, 0.2) is 0 Å². The van der Waals surface area contributed by atoms with Crippen LogP contribution >= 0.6 is 11.8 Å². The van der Waals surface area contributed by atoms with E-state index in [-0.39, 0.29) is 12.1 Å². The molecule has 1 saturated heterocycles. The number of carbonyl (C=O) groups excluding carboxylic acids is 1. The van der Waals surface area contributed by atoms with Crippen molar-refractivity contribution in [3.63, 3.8) is 0 Å². The molecule has 3 atom stereocenters. The van der Waals surface area contributed by atoms with Gasteiger partial charge in [0.25, 0.3) is 0 Å². The van der Waals surface area contributed by atoms with Gasteiger partial charge in [-0.3, -0.25) is 0 Å². The molecule has 0 radical (unpaired) electrons. The van der Waals surface area contributed by atoms with Crippen molar-refractivity contribution in [2.24, 2.45) is 0 Å². The number of nitrogens with zero attached hydrogens (tertiary/aromatic N) is 1. The Kier molecular flexibility index (Phi) is 4.83. The molecule has 0 aromatic heterocycles. The Morgan fingerprint density at radius 1 is 1.40 bits per heavy atom. The first kappa shape index (κ1) is 15.5. The zero-order valence-electron chi connectivity index (χ0n) is 12.2. The molecule has 0 spiro atoms. The Bertz CT molecular complexity index is 391. The number of hydrogen-bond acceptors (Lipinski definition) is 3. The average molecular weight is 300 g/mol. The second-order valence-electron chi connectivity index (χ2n) is 5.81. The van der Waals surface area contributed by atoms with E-state index in [4.69, 9.17) is 0 Å². The molecule has 1 aliphatic heterocycles. The first-order valence-corrected chi connectivity index (χ1v) is 8.47. The molecule has 5 nitrogen and oxygen atoms in total. The third kappa shape index (κ3) is 2.90. The van der Waals surface area contributed by atoms with Gasteiger partial charge in [-0.05, 0) is 38.4 Å². The summed E-state index contributed by atoms with van der Waals surface area (Å²) in [6.45, 7) is 4.31. The Hall–Kier alpha value is -0.910. The number of nitrogens with one attached hydrogen (secondary N) is 1. The molecule has 2 rings (SSSR count). The second kappa shape index (κ2) is 6.24. The third-order valence-electron chi connectivity index (χ3n) is 4.49. The number of amides is 2. The van der Waals surface area contributed by atoms with Gasteiger partial charge in [0, 0.05) is 17.8 Å². The lowest BCUT2D eigenvalue weighted by atomic mass is 10.00. The largest absolute Gasteiger partial charge is 0.480 e. The van der Waals surface area contributed by atoms with Gasteiger partial charge in [-0.15, -0.1) is 0 Å². The summed E-state index contributed by atoms with van der Waals surface area (Å²) in [5.41, 5.74) is -1.05. The number of carbonyl (C=O) groups is 2. The number of likely N-dealkylation sites (tertiary alicyclic amines) is 1. The summed E-state index contributed by atoms with van der Waals surface area (Å²) in [6, 6.07) is -0.0212. The van der Waals surface area contributed by atoms with E-state index in [1.165, 1.54) is 4.90 Å². The highest BCUT2D eigenvalue weighted by molar-refractivity contribution is 7.99. The highest BCUT2D eigenvalue weighted by atomic mass is 32.2. The molecule has 3 unspecified atom stereocenters. The van der Waals surface area contributed by atoms with Crippen molar-refractivity contribution in [2.45, 2.75) is 62.8 Å². The van der Waals surface area contributed by atoms with E-state index in [1.54, 1.807) is 6.92 Å². The van der Waals surface area contributed by atoms with Crippen molar-refractivity contribution < 1.29 is 14.7 Å². The number of rotatable bonds is 4. The summed E-state index contributed by atoms with van der Waals surface area (Å²) in [4.78, 5) is 25.3. The normalized spacial score (nSPS) is 33.4. The van der Waals surface area contributed by atoms with Gasteiger partial charge in [0.05, 0.1) is 0 Å². The summed E-state index contributed by atoms with van der Waals surface area (Å²) >= 11 is 1.89. The maximum absolute atomic E-state index is 12.4. The smallest absolute Gasteiger partial charge is 0.329 e. The van der Waals surface area contributed by atoms with Crippen molar-refractivity contribution in [3.05, 3.63) is 0 Å². The quantitative estimate of drug-likeness (QED) is 0.836. The van der Waals surface area contributed by atoms with Crippen molar-refractivity contribution >= 4 is 23.8 Å². The molecular weight excluding hydrogens is 276 g/mol. The van der Waals surface area contributed by atoms with Crippen LogP contribution in [0.3, 0.4) is 0 Å². The maximum Gasteiger partial charge on any atom is 0.329 e. The van der Waals surface area contributed by atoms with Crippen LogP contribution < -0.4 is 5.32 Å². The van der Waals surface area contributed by atoms with Crippen LogP contribution in [-0.2, 0) is 4.79 Å².